The summed E-state index contributed by atoms with van der Waals surface area (Å²) in [6.07, 6.45) is 18.1. The van der Waals surface area contributed by atoms with Crippen LogP contribution in [0.15, 0.2) is 12.2 Å². The third kappa shape index (κ3) is 9.43. The molecule has 1 rings (SSSR count). The summed E-state index contributed by atoms with van der Waals surface area (Å²) in [5.74, 6) is 0.680. The summed E-state index contributed by atoms with van der Waals surface area (Å²) in [6.45, 7) is 2.18. The highest BCUT2D eigenvalue weighted by atomic mass is 17.1. The van der Waals surface area contributed by atoms with Crippen LogP contribution < -0.4 is 0 Å². The normalized spacial score (nSPS) is 22.2. The Morgan fingerprint density at radius 2 is 1.96 bits per heavy atom. The van der Waals surface area contributed by atoms with Gasteiger partial charge in [-0.25, -0.2) is 4.89 Å². The Morgan fingerprint density at radius 1 is 1.17 bits per heavy atom. The average molecular weight is 341 g/mol. The number of carboxylic acids is 1. The van der Waals surface area contributed by atoms with Gasteiger partial charge in [0.1, 0.15) is 6.10 Å². The molecule has 1 fully saturated rings. The monoisotopic (exact) mass is 340 g/mol. The molecule has 0 aromatic carbocycles. The zero-order chi connectivity index (χ0) is 17.6. The smallest absolute Gasteiger partial charge is 0.303 e. The molecule has 3 atom stereocenters. The lowest BCUT2D eigenvalue weighted by Crippen LogP contribution is -2.10. The number of hydrogen-bond acceptors (Lipinski definition) is 3. The first-order valence-corrected chi connectivity index (χ1v) is 9.87. The molecule has 4 nitrogen and oxygen atoms in total. The van der Waals surface area contributed by atoms with Crippen molar-refractivity contribution < 1.29 is 20.0 Å². The molecule has 0 unspecified atom stereocenters. The molecule has 0 spiro atoms. The molecule has 0 amide bonds. The summed E-state index contributed by atoms with van der Waals surface area (Å²) in [5, 5.41) is 17.7. The van der Waals surface area contributed by atoms with Gasteiger partial charge in [0.15, 0.2) is 0 Å². The zero-order valence-corrected chi connectivity index (χ0v) is 15.3. The molecule has 4 heteroatoms. The highest BCUT2D eigenvalue weighted by Crippen LogP contribution is 2.36. The number of unbranched alkanes of at least 4 members (excludes halogenated alkanes) is 5. The number of aliphatic carboxylic acids is 1. The molecular formula is C20H36O4. The SMILES string of the molecule is CCCCC[C@@H](/C=C/[C@H]1CCC[C@@H]1CCCCCCC(=O)O)OO. The van der Waals surface area contributed by atoms with Crippen LogP contribution in [0.3, 0.4) is 0 Å². The van der Waals surface area contributed by atoms with Gasteiger partial charge in [0.05, 0.1) is 0 Å². The summed E-state index contributed by atoms with van der Waals surface area (Å²) >= 11 is 0. The predicted octanol–water partition coefficient (Wildman–Crippen LogP) is 5.82. The fourth-order valence-corrected chi connectivity index (χ4v) is 3.76. The highest BCUT2D eigenvalue weighted by molar-refractivity contribution is 5.66. The molecule has 0 bridgehead atoms. The number of carbonyl (C=O) groups is 1. The third-order valence-electron chi connectivity index (χ3n) is 5.23. The van der Waals surface area contributed by atoms with Gasteiger partial charge in [-0.1, -0.05) is 64.0 Å². The van der Waals surface area contributed by atoms with Crippen molar-refractivity contribution in [2.75, 3.05) is 0 Å². The van der Waals surface area contributed by atoms with Gasteiger partial charge in [0.25, 0.3) is 0 Å². The third-order valence-corrected chi connectivity index (χ3v) is 5.23. The minimum atomic E-state index is -0.685. The minimum absolute atomic E-state index is 0.159. The van der Waals surface area contributed by atoms with E-state index >= 15 is 0 Å². The maximum atomic E-state index is 10.5. The van der Waals surface area contributed by atoms with Gasteiger partial charge >= 0.3 is 5.97 Å². The topological polar surface area (TPSA) is 66.8 Å². The molecule has 1 aliphatic rings. The maximum absolute atomic E-state index is 10.5. The molecule has 0 aromatic rings. The number of allylic oxidation sites excluding steroid dienone is 1. The Kier molecular flexibility index (Phi) is 11.8. The second kappa shape index (κ2) is 13.4. The Labute approximate surface area is 147 Å². The van der Waals surface area contributed by atoms with Crippen LogP contribution in [0.25, 0.3) is 0 Å². The molecule has 0 radical (unpaired) electrons. The number of carboxylic acid groups (broad SMARTS) is 1. The second-order valence-electron chi connectivity index (χ2n) is 7.23. The summed E-state index contributed by atoms with van der Waals surface area (Å²) in [5.41, 5.74) is 0. The van der Waals surface area contributed by atoms with E-state index in [2.05, 4.69) is 24.0 Å². The summed E-state index contributed by atoms with van der Waals surface area (Å²) in [4.78, 5) is 15.1. The van der Waals surface area contributed by atoms with Crippen LogP contribution in [0.5, 0.6) is 0 Å². The van der Waals surface area contributed by atoms with Crippen molar-refractivity contribution >= 4 is 5.97 Å². The standard InChI is InChI=1S/C20H36O4/c1-2-3-6-13-19(24-23)16-15-18-12-9-11-17(18)10-7-4-5-8-14-20(21)22/h15-19,23H,2-14H2,1H3,(H,21,22)/b16-15+/t17-,18+,19-/m0/s1. The van der Waals surface area contributed by atoms with E-state index in [1.165, 1.54) is 44.9 Å². The first-order valence-electron chi connectivity index (χ1n) is 9.87. The Morgan fingerprint density at radius 3 is 2.67 bits per heavy atom. The van der Waals surface area contributed by atoms with E-state index in [0.29, 0.717) is 12.3 Å². The molecule has 1 saturated carbocycles. The van der Waals surface area contributed by atoms with Crippen LogP contribution >= 0.6 is 0 Å². The van der Waals surface area contributed by atoms with Crippen molar-refractivity contribution in [3.8, 4) is 0 Å². The summed E-state index contributed by atoms with van der Waals surface area (Å²) < 4.78 is 0. The van der Waals surface area contributed by atoms with Crippen molar-refractivity contribution in [2.24, 2.45) is 11.8 Å². The molecule has 0 saturated heterocycles. The van der Waals surface area contributed by atoms with E-state index in [1.54, 1.807) is 0 Å². The van der Waals surface area contributed by atoms with E-state index in [4.69, 9.17) is 10.4 Å². The second-order valence-corrected chi connectivity index (χ2v) is 7.23. The van der Waals surface area contributed by atoms with E-state index in [0.717, 1.165) is 38.0 Å². The average Bonchev–Trinajstić information content (AvgIpc) is 3.01. The summed E-state index contributed by atoms with van der Waals surface area (Å²) in [7, 11) is 0. The van der Waals surface area contributed by atoms with E-state index in [-0.39, 0.29) is 6.10 Å². The van der Waals surface area contributed by atoms with Gasteiger partial charge in [-0.15, -0.1) is 0 Å². The van der Waals surface area contributed by atoms with E-state index < -0.39 is 5.97 Å². The molecule has 140 valence electrons. The number of rotatable bonds is 14. The zero-order valence-electron chi connectivity index (χ0n) is 15.3. The van der Waals surface area contributed by atoms with Crippen molar-refractivity contribution in [3.63, 3.8) is 0 Å². The van der Waals surface area contributed by atoms with E-state index in [9.17, 15) is 4.79 Å². The lowest BCUT2D eigenvalue weighted by atomic mass is 9.89. The lowest BCUT2D eigenvalue weighted by Gasteiger charge is -2.17. The van der Waals surface area contributed by atoms with Gasteiger partial charge in [0, 0.05) is 6.42 Å². The molecule has 24 heavy (non-hydrogen) atoms. The van der Waals surface area contributed by atoms with Crippen molar-refractivity contribution in [2.45, 2.75) is 96.5 Å². The van der Waals surface area contributed by atoms with Gasteiger partial charge in [-0.2, -0.15) is 0 Å². The summed E-state index contributed by atoms with van der Waals surface area (Å²) in [6, 6.07) is 0. The fraction of sp³-hybridized carbons (Fsp3) is 0.850. The van der Waals surface area contributed by atoms with Crippen LogP contribution in [0.4, 0.5) is 0 Å². The lowest BCUT2D eigenvalue weighted by molar-refractivity contribution is -0.267. The first-order chi connectivity index (χ1) is 11.7. The molecule has 0 aliphatic heterocycles. The van der Waals surface area contributed by atoms with Gasteiger partial charge in [-0.05, 0) is 43.9 Å². The molecular weight excluding hydrogens is 304 g/mol. The quantitative estimate of drug-likeness (QED) is 0.181. The molecule has 0 aromatic heterocycles. The molecule has 2 N–H and O–H groups in total. The minimum Gasteiger partial charge on any atom is -0.481 e. The van der Waals surface area contributed by atoms with Crippen LogP contribution in [0.2, 0.25) is 0 Å². The Balaban J connectivity index is 2.23. The largest absolute Gasteiger partial charge is 0.481 e. The van der Waals surface area contributed by atoms with E-state index in [1.807, 2.05) is 0 Å². The van der Waals surface area contributed by atoms with Gasteiger partial charge < -0.3 is 5.11 Å². The Hall–Kier alpha value is -0.870. The van der Waals surface area contributed by atoms with Crippen molar-refractivity contribution in [1.82, 2.24) is 0 Å². The fourth-order valence-electron chi connectivity index (χ4n) is 3.76. The predicted molar refractivity (Wildman–Crippen MR) is 97.0 cm³/mol. The first kappa shape index (κ1) is 21.2. The molecule has 0 heterocycles. The van der Waals surface area contributed by atoms with Crippen LogP contribution in [-0.4, -0.2) is 22.4 Å². The van der Waals surface area contributed by atoms with Gasteiger partial charge in [-0.3, -0.25) is 10.1 Å². The van der Waals surface area contributed by atoms with Crippen molar-refractivity contribution in [3.05, 3.63) is 12.2 Å². The van der Waals surface area contributed by atoms with Crippen molar-refractivity contribution in [1.29, 1.82) is 0 Å². The van der Waals surface area contributed by atoms with Crippen LogP contribution in [0.1, 0.15) is 90.4 Å². The van der Waals surface area contributed by atoms with Crippen LogP contribution in [-0.2, 0) is 9.68 Å². The molecule has 1 aliphatic carbocycles. The van der Waals surface area contributed by atoms with Gasteiger partial charge in [0.2, 0.25) is 0 Å². The Bertz CT molecular complexity index is 354. The maximum Gasteiger partial charge on any atom is 0.303 e. The van der Waals surface area contributed by atoms with Crippen LogP contribution in [0, 0.1) is 11.8 Å². The highest BCUT2D eigenvalue weighted by Gasteiger charge is 2.24. The number of hydrogen-bond donors (Lipinski definition) is 2.